The van der Waals surface area contributed by atoms with Crippen LogP contribution in [0.3, 0.4) is 0 Å². The van der Waals surface area contributed by atoms with E-state index in [4.69, 9.17) is 4.74 Å². The third-order valence-corrected chi connectivity index (χ3v) is 6.43. The molecule has 4 rings (SSSR count). The van der Waals surface area contributed by atoms with Gasteiger partial charge >= 0.3 is 5.97 Å². The second-order valence-corrected chi connectivity index (χ2v) is 8.05. The van der Waals surface area contributed by atoms with Gasteiger partial charge in [-0.15, -0.1) is 11.3 Å². The molecule has 0 unspecified atom stereocenters. The first-order chi connectivity index (χ1) is 15.7. The number of nitro groups is 1. The van der Waals surface area contributed by atoms with E-state index < -0.39 is 28.4 Å². The number of benzene rings is 2. The zero-order chi connectivity index (χ0) is 24.0. The Kier molecular flexibility index (Phi) is 5.38. The molecule has 0 bridgehead atoms. The van der Waals surface area contributed by atoms with E-state index in [0.29, 0.717) is 10.4 Å². The molecule has 166 valence electrons. The number of non-ortho nitro benzene ring substituents is 1. The van der Waals surface area contributed by atoms with Gasteiger partial charge in [0.15, 0.2) is 0 Å². The van der Waals surface area contributed by atoms with Crippen LogP contribution < -0.4 is 10.4 Å². The molecule has 2 heterocycles. The van der Waals surface area contributed by atoms with Crippen LogP contribution in [0.2, 0.25) is 0 Å². The molecule has 12 heteroatoms. The molecule has 0 radical (unpaired) electrons. The summed E-state index contributed by atoms with van der Waals surface area (Å²) in [5.74, 6) is -2.41. The number of ether oxygens (including phenoxy) is 1. The van der Waals surface area contributed by atoms with Crippen LogP contribution in [-0.2, 0) is 4.74 Å². The van der Waals surface area contributed by atoms with Crippen LogP contribution in [-0.4, -0.2) is 29.3 Å². The summed E-state index contributed by atoms with van der Waals surface area (Å²) in [6.07, 6.45) is 0. The normalized spacial score (nSPS) is 12.7. The predicted molar refractivity (Wildman–Crippen MR) is 116 cm³/mol. The van der Waals surface area contributed by atoms with Crippen LogP contribution in [0.1, 0.15) is 48.4 Å². The molecular weight excluding hydrogens is 452 g/mol. The Balaban J connectivity index is 2.00. The molecule has 2 N–H and O–H groups in total. The van der Waals surface area contributed by atoms with Crippen LogP contribution in [0.5, 0.6) is 0 Å². The van der Waals surface area contributed by atoms with E-state index in [1.165, 1.54) is 25.1 Å². The summed E-state index contributed by atoms with van der Waals surface area (Å²) in [4.78, 5) is 50.7. The van der Waals surface area contributed by atoms with E-state index >= 15 is 0 Å². The minimum Gasteiger partial charge on any atom is -0.630 e. The maximum absolute atomic E-state index is 13.4. The Labute approximate surface area is 189 Å². The van der Waals surface area contributed by atoms with Gasteiger partial charge in [-0.3, -0.25) is 19.7 Å². The summed E-state index contributed by atoms with van der Waals surface area (Å²) in [7, 11) is 0. The van der Waals surface area contributed by atoms with Crippen LogP contribution in [0.4, 0.5) is 16.4 Å². The predicted octanol–water partition coefficient (Wildman–Crippen LogP) is 2.66. The van der Waals surface area contributed by atoms with Gasteiger partial charge in [0.1, 0.15) is 21.6 Å². The molecule has 3 aromatic rings. The molecule has 1 aliphatic rings. The van der Waals surface area contributed by atoms with Crippen molar-refractivity contribution in [3.05, 3.63) is 66.7 Å². The molecule has 2 aromatic carbocycles. The molecule has 0 atom stereocenters. The molecule has 0 fully saturated rings. The number of rotatable bonds is 5. The van der Waals surface area contributed by atoms with Gasteiger partial charge in [-0.1, -0.05) is 0 Å². The van der Waals surface area contributed by atoms with Crippen LogP contribution >= 0.6 is 11.3 Å². The SMILES string of the molecule is CCOC(=O)c1sc(N2C(=O)c3cc([NH2+][O-])cc4cc([N+](=O)[O-])cc(c34)C2=O)c(C#N)c1C. The Morgan fingerprint density at radius 3 is 2.48 bits per heavy atom. The van der Waals surface area contributed by atoms with Gasteiger partial charge in [0, 0.05) is 29.7 Å². The summed E-state index contributed by atoms with van der Waals surface area (Å²) >= 11 is 0.741. The van der Waals surface area contributed by atoms with Gasteiger partial charge in [-0.05, 0) is 24.8 Å². The van der Waals surface area contributed by atoms with Crippen molar-refractivity contribution in [3.8, 4) is 6.07 Å². The van der Waals surface area contributed by atoms with E-state index in [-0.39, 0.29) is 55.2 Å². The summed E-state index contributed by atoms with van der Waals surface area (Å²) in [6, 6.07) is 6.78. The number of thiophene rings is 1. The molecule has 2 amide bonds. The van der Waals surface area contributed by atoms with Crippen molar-refractivity contribution in [1.29, 1.82) is 5.26 Å². The third kappa shape index (κ3) is 3.31. The van der Waals surface area contributed by atoms with Gasteiger partial charge in [0.25, 0.3) is 17.5 Å². The van der Waals surface area contributed by atoms with Crippen molar-refractivity contribution in [2.24, 2.45) is 0 Å². The molecule has 1 aliphatic heterocycles. The molecule has 0 spiro atoms. The number of nitriles is 1. The van der Waals surface area contributed by atoms with Crippen LogP contribution in [0.25, 0.3) is 10.8 Å². The Hall–Kier alpha value is -4.18. The summed E-state index contributed by atoms with van der Waals surface area (Å²) in [5.41, 5.74) is 0.197. The van der Waals surface area contributed by atoms with Crippen LogP contribution in [0.15, 0.2) is 24.3 Å². The number of quaternary nitrogens is 1. The highest BCUT2D eigenvalue weighted by atomic mass is 32.1. The van der Waals surface area contributed by atoms with Gasteiger partial charge in [-0.2, -0.15) is 5.26 Å². The molecule has 33 heavy (non-hydrogen) atoms. The highest BCUT2D eigenvalue weighted by Gasteiger charge is 2.39. The molecular formula is C21H14N4O7S. The lowest BCUT2D eigenvalue weighted by atomic mass is 9.92. The highest BCUT2D eigenvalue weighted by molar-refractivity contribution is 7.18. The van der Waals surface area contributed by atoms with Gasteiger partial charge in [0.2, 0.25) is 0 Å². The van der Waals surface area contributed by atoms with Crippen molar-refractivity contribution in [1.82, 2.24) is 0 Å². The quantitative estimate of drug-likeness (QED) is 0.197. The minimum atomic E-state index is -0.881. The van der Waals surface area contributed by atoms with Crippen molar-refractivity contribution in [2.75, 3.05) is 11.5 Å². The van der Waals surface area contributed by atoms with Crippen molar-refractivity contribution in [3.63, 3.8) is 0 Å². The lowest BCUT2D eigenvalue weighted by Crippen LogP contribution is -2.70. The zero-order valence-corrected chi connectivity index (χ0v) is 18.0. The van der Waals surface area contributed by atoms with Gasteiger partial charge < -0.3 is 15.4 Å². The topological polar surface area (TPSA) is 170 Å². The van der Waals surface area contributed by atoms with Crippen molar-refractivity contribution >= 4 is 56.3 Å². The Bertz CT molecular complexity index is 1440. The Morgan fingerprint density at radius 2 is 1.91 bits per heavy atom. The molecule has 1 aromatic heterocycles. The number of hydrogen-bond donors (Lipinski definition) is 1. The smallest absolute Gasteiger partial charge is 0.348 e. The number of carbonyl (C=O) groups is 3. The number of esters is 1. The second kappa shape index (κ2) is 8.06. The monoisotopic (exact) mass is 466 g/mol. The minimum absolute atomic E-state index is 0.0216. The molecule has 0 saturated heterocycles. The van der Waals surface area contributed by atoms with E-state index in [0.717, 1.165) is 17.4 Å². The molecule has 11 nitrogen and oxygen atoms in total. The maximum atomic E-state index is 13.4. The van der Waals surface area contributed by atoms with Crippen LogP contribution in [0, 0.1) is 33.6 Å². The maximum Gasteiger partial charge on any atom is 0.348 e. The average Bonchev–Trinajstić information content (AvgIpc) is 3.12. The fraction of sp³-hybridized carbons (Fsp3) is 0.143. The summed E-state index contributed by atoms with van der Waals surface area (Å²) in [5, 5.41) is 32.8. The van der Waals surface area contributed by atoms with Crippen molar-refractivity contribution < 1.29 is 29.5 Å². The van der Waals surface area contributed by atoms with E-state index in [1.54, 1.807) is 6.92 Å². The number of anilines is 1. The number of imide groups is 1. The number of nitrogens with zero attached hydrogens (tertiary/aromatic N) is 3. The number of hydrogen-bond acceptors (Lipinski definition) is 9. The summed E-state index contributed by atoms with van der Waals surface area (Å²) in [6.45, 7) is 3.19. The van der Waals surface area contributed by atoms with E-state index in [1.807, 2.05) is 6.07 Å². The van der Waals surface area contributed by atoms with Gasteiger partial charge in [-0.25, -0.2) is 9.69 Å². The second-order valence-electron chi connectivity index (χ2n) is 7.05. The first-order valence-electron chi connectivity index (χ1n) is 9.54. The van der Waals surface area contributed by atoms with E-state index in [9.17, 15) is 35.0 Å². The highest BCUT2D eigenvalue weighted by Crippen LogP contribution is 2.42. The number of nitro benzene ring substituents is 1. The number of nitrogens with two attached hydrogens (primary N) is 1. The zero-order valence-electron chi connectivity index (χ0n) is 17.2. The first-order valence-corrected chi connectivity index (χ1v) is 10.4. The number of amides is 2. The van der Waals surface area contributed by atoms with Gasteiger partial charge in [0.05, 0.1) is 28.2 Å². The summed E-state index contributed by atoms with van der Waals surface area (Å²) < 4.78 is 5.00. The fourth-order valence-corrected chi connectivity index (χ4v) is 4.88. The first kappa shape index (κ1) is 22.0. The van der Waals surface area contributed by atoms with Crippen molar-refractivity contribution in [2.45, 2.75) is 13.8 Å². The average molecular weight is 466 g/mol. The largest absolute Gasteiger partial charge is 0.630 e. The van der Waals surface area contributed by atoms with E-state index in [2.05, 4.69) is 0 Å². The molecule has 0 aliphatic carbocycles. The number of carbonyl (C=O) groups excluding carboxylic acids is 3. The lowest BCUT2D eigenvalue weighted by molar-refractivity contribution is -0.497. The third-order valence-electron chi connectivity index (χ3n) is 5.17. The molecule has 0 saturated carbocycles. The Morgan fingerprint density at radius 1 is 1.24 bits per heavy atom. The fourth-order valence-electron chi connectivity index (χ4n) is 3.73. The lowest BCUT2D eigenvalue weighted by Gasteiger charge is -2.26. The standard InChI is InChI=1S/C21H14N4O7S/c1-3-32-21(28)17-9(2)15(8-22)20(33-17)24-18(26)13-6-11(23-29)4-10-5-12(25(30)31)7-14(16(10)13)19(24)27/h4-7H,3,23H2,1-2H3.